The Morgan fingerprint density at radius 1 is 0.846 bits per heavy atom. The lowest BCUT2D eigenvalue weighted by Gasteiger charge is -2.21. The highest BCUT2D eigenvalue weighted by Crippen LogP contribution is 2.28. The van der Waals surface area contributed by atoms with Crippen LogP contribution in [0.2, 0.25) is 0 Å². The Labute approximate surface area is 150 Å². The van der Waals surface area contributed by atoms with Crippen molar-refractivity contribution in [2.75, 3.05) is 18.0 Å². The van der Waals surface area contributed by atoms with Crippen LogP contribution in [0.25, 0.3) is 0 Å². The van der Waals surface area contributed by atoms with Gasteiger partial charge in [-0.15, -0.1) is 0 Å². The van der Waals surface area contributed by atoms with E-state index >= 15 is 0 Å². The van der Waals surface area contributed by atoms with Crippen LogP contribution in [0.5, 0.6) is 5.75 Å². The van der Waals surface area contributed by atoms with Crippen molar-refractivity contribution in [3.8, 4) is 5.75 Å². The summed E-state index contributed by atoms with van der Waals surface area (Å²) in [6, 6.07) is 7.69. The fraction of sp³-hybridized carbons (Fsp3) is 0.211. The summed E-state index contributed by atoms with van der Waals surface area (Å²) >= 11 is 0. The third kappa shape index (κ3) is 3.66. The molecule has 0 amide bonds. The average molecular weight is 357 g/mol. The molecule has 0 bridgehead atoms. The van der Waals surface area contributed by atoms with Gasteiger partial charge in [0.25, 0.3) is 0 Å². The zero-order chi connectivity index (χ0) is 19.4. The van der Waals surface area contributed by atoms with Gasteiger partial charge >= 0.3 is 11.9 Å². The number of carboxylic acids is 2. The molecule has 0 radical (unpaired) electrons. The molecule has 0 aliphatic rings. The van der Waals surface area contributed by atoms with Crippen molar-refractivity contribution in [1.82, 2.24) is 0 Å². The van der Waals surface area contributed by atoms with E-state index in [0.29, 0.717) is 13.1 Å². The molecule has 0 atom stereocenters. The van der Waals surface area contributed by atoms with Crippen molar-refractivity contribution in [2.24, 2.45) is 0 Å². The normalized spacial score (nSPS) is 10.4. The van der Waals surface area contributed by atoms with Crippen molar-refractivity contribution < 1.29 is 29.7 Å². The number of nitrogens with zero attached hydrogens (tertiary/aromatic N) is 1. The first kappa shape index (κ1) is 19.0. The molecule has 0 aliphatic heterocycles. The SMILES string of the molecule is CCN(CC)c1ccc(C(=O)c2cc(C(=O)O)ccc2C(=O)O)c(O)c1. The number of carbonyl (C=O) groups is 3. The summed E-state index contributed by atoms with van der Waals surface area (Å²) in [5.41, 5.74) is -0.194. The van der Waals surface area contributed by atoms with Gasteiger partial charge in [0.15, 0.2) is 5.78 Å². The van der Waals surface area contributed by atoms with E-state index < -0.39 is 17.7 Å². The standard InChI is InChI=1S/C19H19NO6/c1-3-20(4-2)12-6-8-14(16(21)10-12)17(22)15-9-11(18(23)24)5-7-13(15)19(25)26/h5-10,21H,3-4H2,1-2H3,(H,23,24)(H,25,26). The molecule has 2 aromatic rings. The third-order valence-corrected chi connectivity index (χ3v) is 4.10. The van der Waals surface area contributed by atoms with Crippen LogP contribution in [0.15, 0.2) is 36.4 Å². The molecule has 0 unspecified atom stereocenters. The van der Waals surface area contributed by atoms with Crippen LogP contribution in [-0.4, -0.2) is 46.1 Å². The molecule has 0 aliphatic carbocycles. The van der Waals surface area contributed by atoms with Crippen LogP contribution in [0.4, 0.5) is 5.69 Å². The predicted molar refractivity (Wildman–Crippen MR) is 95.5 cm³/mol. The van der Waals surface area contributed by atoms with Crippen LogP contribution in [-0.2, 0) is 0 Å². The highest BCUT2D eigenvalue weighted by atomic mass is 16.4. The van der Waals surface area contributed by atoms with Gasteiger partial charge in [-0.2, -0.15) is 0 Å². The molecule has 2 aromatic carbocycles. The maximum atomic E-state index is 12.8. The Kier molecular flexibility index (Phi) is 5.61. The van der Waals surface area contributed by atoms with E-state index in [9.17, 15) is 24.6 Å². The lowest BCUT2D eigenvalue weighted by atomic mass is 9.95. The quantitative estimate of drug-likeness (QED) is 0.653. The summed E-state index contributed by atoms with van der Waals surface area (Å²) in [5.74, 6) is -3.69. The Morgan fingerprint density at radius 2 is 1.46 bits per heavy atom. The number of anilines is 1. The van der Waals surface area contributed by atoms with E-state index in [4.69, 9.17) is 5.11 Å². The van der Waals surface area contributed by atoms with Crippen molar-refractivity contribution in [2.45, 2.75) is 13.8 Å². The molecule has 2 rings (SSSR count). The van der Waals surface area contributed by atoms with Crippen molar-refractivity contribution in [3.05, 3.63) is 58.7 Å². The van der Waals surface area contributed by atoms with Gasteiger partial charge in [0.05, 0.1) is 16.7 Å². The Hall–Kier alpha value is -3.35. The van der Waals surface area contributed by atoms with Gasteiger partial charge in [-0.1, -0.05) is 0 Å². The van der Waals surface area contributed by atoms with Crippen LogP contribution >= 0.6 is 0 Å². The fourth-order valence-corrected chi connectivity index (χ4v) is 2.69. The molecule has 7 heteroatoms. The highest BCUT2D eigenvalue weighted by Gasteiger charge is 2.22. The molecular weight excluding hydrogens is 338 g/mol. The Morgan fingerprint density at radius 3 is 1.96 bits per heavy atom. The van der Waals surface area contributed by atoms with Crippen LogP contribution in [0.1, 0.15) is 50.5 Å². The van der Waals surface area contributed by atoms with E-state index in [-0.39, 0.29) is 28.0 Å². The number of benzene rings is 2. The smallest absolute Gasteiger partial charge is 0.336 e. The van der Waals surface area contributed by atoms with Gasteiger partial charge in [-0.05, 0) is 44.2 Å². The fourth-order valence-electron chi connectivity index (χ4n) is 2.69. The molecule has 0 heterocycles. The number of ketones is 1. The molecule has 3 N–H and O–H groups in total. The minimum absolute atomic E-state index is 0.0917. The molecule has 0 saturated heterocycles. The second-order valence-electron chi connectivity index (χ2n) is 5.57. The van der Waals surface area contributed by atoms with Gasteiger partial charge in [-0.3, -0.25) is 4.79 Å². The number of phenolic OH excluding ortho intramolecular Hbond substituents is 1. The molecule has 7 nitrogen and oxygen atoms in total. The number of aromatic hydroxyl groups is 1. The van der Waals surface area contributed by atoms with Gasteiger partial charge in [0, 0.05) is 30.4 Å². The summed E-state index contributed by atoms with van der Waals surface area (Å²) in [4.78, 5) is 37.2. The van der Waals surface area contributed by atoms with E-state index in [1.54, 1.807) is 6.07 Å². The summed E-state index contributed by atoms with van der Waals surface area (Å²) in [5, 5.41) is 28.6. The number of phenols is 1. The largest absolute Gasteiger partial charge is 0.507 e. The summed E-state index contributed by atoms with van der Waals surface area (Å²) in [6.45, 7) is 5.34. The first-order valence-corrected chi connectivity index (χ1v) is 8.03. The van der Waals surface area contributed by atoms with Gasteiger partial charge < -0.3 is 20.2 Å². The molecule has 136 valence electrons. The van der Waals surface area contributed by atoms with E-state index in [1.807, 2.05) is 18.7 Å². The first-order chi connectivity index (χ1) is 12.3. The minimum Gasteiger partial charge on any atom is -0.507 e. The average Bonchev–Trinajstić information content (AvgIpc) is 2.61. The minimum atomic E-state index is -1.36. The topological polar surface area (TPSA) is 115 Å². The number of hydrogen-bond donors (Lipinski definition) is 3. The maximum absolute atomic E-state index is 12.8. The van der Waals surface area contributed by atoms with Crippen molar-refractivity contribution in [3.63, 3.8) is 0 Å². The van der Waals surface area contributed by atoms with Crippen LogP contribution in [0, 0.1) is 0 Å². The molecular formula is C19H19NO6. The Bertz CT molecular complexity index is 870. The molecule has 0 aromatic heterocycles. The van der Waals surface area contributed by atoms with E-state index in [0.717, 1.165) is 23.9 Å². The summed E-state index contributed by atoms with van der Waals surface area (Å²) in [6.07, 6.45) is 0. The summed E-state index contributed by atoms with van der Waals surface area (Å²) < 4.78 is 0. The van der Waals surface area contributed by atoms with Crippen LogP contribution in [0.3, 0.4) is 0 Å². The molecule has 0 spiro atoms. The third-order valence-electron chi connectivity index (χ3n) is 4.10. The predicted octanol–water partition coefficient (Wildman–Crippen LogP) is 2.87. The van der Waals surface area contributed by atoms with E-state index in [2.05, 4.69) is 0 Å². The van der Waals surface area contributed by atoms with Gasteiger partial charge in [0.2, 0.25) is 0 Å². The number of carboxylic acid groups (broad SMARTS) is 2. The zero-order valence-corrected chi connectivity index (χ0v) is 14.4. The molecule has 0 saturated carbocycles. The highest BCUT2D eigenvalue weighted by molar-refractivity contribution is 6.16. The summed E-state index contributed by atoms with van der Waals surface area (Å²) in [7, 11) is 0. The monoisotopic (exact) mass is 357 g/mol. The number of hydrogen-bond acceptors (Lipinski definition) is 5. The van der Waals surface area contributed by atoms with E-state index in [1.165, 1.54) is 12.1 Å². The maximum Gasteiger partial charge on any atom is 0.336 e. The Balaban J connectivity index is 2.53. The molecule has 26 heavy (non-hydrogen) atoms. The number of carbonyl (C=O) groups excluding carboxylic acids is 1. The van der Waals surface area contributed by atoms with Gasteiger partial charge in [0.1, 0.15) is 5.75 Å². The number of rotatable bonds is 7. The van der Waals surface area contributed by atoms with Crippen LogP contribution < -0.4 is 4.90 Å². The van der Waals surface area contributed by atoms with Crippen molar-refractivity contribution in [1.29, 1.82) is 0 Å². The second-order valence-corrected chi connectivity index (χ2v) is 5.57. The molecule has 0 fully saturated rings. The lowest BCUT2D eigenvalue weighted by molar-refractivity contribution is 0.0679. The first-order valence-electron chi connectivity index (χ1n) is 8.03. The second kappa shape index (κ2) is 7.69. The van der Waals surface area contributed by atoms with Gasteiger partial charge in [-0.25, -0.2) is 9.59 Å². The lowest BCUT2D eigenvalue weighted by Crippen LogP contribution is -2.21. The zero-order valence-electron chi connectivity index (χ0n) is 14.4. The van der Waals surface area contributed by atoms with Crippen molar-refractivity contribution >= 4 is 23.4 Å². The number of aromatic carboxylic acids is 2.